The third kappa shape index (κ3) is 11.8. The van der Waals surface area contributed by atoms with Gasteiger partial charge in [0, 0.05) is 26.1 Å². The Hall–Kier alpha value is -0.770. The molecule has 3 fully saturated rings. The van der Waals surface area contributed by atoms with Crippen LogP contribution in [0.2, 0.25) is 0 Å². The fourth-order valence-corrected chi connectivity index (χ4v) is 6.14. The van der Waals surface area contributed by atoms with Crippen LogP contribution >= 0.6 is 0 Å². The summed E-state index contributed by atoms with van der Waals surface area (Å²) in [4.78, 5) is 12.2. The van der Waals surface area contributed by atoms with Crippen LogP contribution in [0.15, 0.2) is 0 Å². The second-order valence-electron chi connectivity index (χ2n) is 13.0. The lowest BCUT2D eigenvalue weighted by Crippen LogP contribution is -2.57. The second kappa shape index (κ2) is 17.4. The van der Waals surface area contributed by atoms with Crippen molar-refractivity contribution in [2.45, 2.75) is 180 Å². The molecule has 0 aromatic carbocycles. The van der Waals surface area contributed by atoms with Gasteiger partial charge in [-0.2, -0.15) is 0 Å². The van der Waals surface area contributed by atoms with Gasteiger partial charge in [-0.15, -0.1) is 0 Å². The van der Waals surface area contributed by atoms with Crippen molar-refractivity contribution in [3.05, 3.63) is 0 Å². The van der Waals surface area contributed by atoms with Crippen LogP contribution in [-0.2, 0) is 28.5 Å². The summed E-state index contributed by atoms with van der Waals surface area (Å²) < 4.78 is 30.5. The Kier molecular flexibility index (Phi) is 14.6. The highest BCUT2D eigenvalue weighted by Gasteiger charge is 2.60. The molecule has 0 aliphatic carbocycles. The molecule has 0 aromatic rings. The zero-order valence-electron chi connectivity index (χ0n) is 26.3. The smallest absolute Gasteiger partial charge is 0.220 e. The number of unbranched alkanes of at least 4 members (excludes halogenated alkanes) is 14. The topological polar surface area (TPSA) is 87.3 Å². The Balaban J connectivity index is 1.14. The predicted molar refractivity (Wildman–Crippen MR) is 158 cm³/mol. The zero-order chi connectivity index (χ0) is 28.8. The van der Waals surface area contributed by atoms with E-state index in [1.54, 1.807) is 0 Å². The van der Waals surface area contributed by atoms with Crippen LogP contribution < -0.4 is 10.6 Å². The summed E-state index contributed by atoms with van der Waals surface area (Å²) in [7, 11) is 0. The SMILES string of the molecule is CCCCCCCCCCCCCCCCCC(=O)NCCNCC1OC2OC(C)(C)OC2C2OC(C)(C)OC12. The van der Waals surface area contributed by atoms with E-state index >= 15 is 0 Å². The summed E-state index contributed by atoms with van der Waals surface area (Å²) in [5, 5.41) is 6.44. The molecule has 1 amide bonds. The number of ether oxygens (including phenoxy) is 5. The average Bonchev–Trinajstić information content (AvgIpc) is 3.39. The Morgan fingerprint density at radius 2 is 1.12 bits per heavy atom. The van der Waals surface area contributed by atoms with Crippen molar-refractivity contribution in [3.8, 4) is 0 Å². The van der Waals surface area contributed by atoms with Crippen molar-refractivity contribution < 1.29 is 28.5 Å². The van der Waals surface area contributed by atoms with Crippen LogP contribution in [0.1, 0.15) is 137 Å². The number of fused-ring (bicyclic) bond motifs is 3. The fourth-order valence-electron chi connectivity index (χ4n) is 6.14. The summed E-state index contributed by atoms with van der Waals surface area (Å²) in [6, 6.07) is 0. The van der Waals surface area contributed by atoms with E-state index in [0.717, 1.165) is 12.8 Å². The van der Waals surface area contributed by atoms with Crippen LogP contribution in [0.5, 0.6) is 0 Å². The summed E-state index contributed by atoms with van der Waals surface area (Å²) in [6.45, 7) is 11.7. The molecule has 234 valence electrons. The number of carbonyl (C=O) groups is 1. The minimum atomic E-state index is -0.713. The minimum Gasteiger partial charge on any atom is -0.355 e. The highest BCUT2D eigenvalue weighted by Crippen LogP contribution is 2.43. The second-order valence-corrected chi connectivity index (χ2v) is 13.0. The normalized spacial score (nSPS) is 28.4. The van der Waals surface area contributed by atoms with E-state index in [1.165, 1.54) is 83.5 Å². The molecule has 0 bridgehead atoms. The van der Waals surface area contributed by atoms with Crippen molar-refractivity contribution in [2.24, 2.45) is 0 Å². The van der Waals surface area contributed by atoms with Crippen molar-refractivity contribution in [2.75, 3.05) is 19.6 Å². The predicted octanol–water partition coefficient (Wildman–Crippen LogP) is 6.35. The van der Waals surface area contributed by atoms with Gasteiger partial charge in [0.25, 0.3) is 0 Å². The summed E-state index contributed by atoms with van der Waals surface area (Å²) in [5.74, 6) is -1.26. The van der Waals surface area contributed by atoms with Crippen LogP contribution in [0.25, 0.3) is 0 Å². The van der Waals surface area contributed by atoms with Gasteiger partial charge in [0.15, 0.2) is 17.9 Å². The molecule has 3 heterocycles. The Morgan fingerprint density at radius 3 is 1.73 bits per heavy atom. The first-order chi connectivity index (χ1) is 19.2. The molecular weight excluding hydrogens is 508 g/mol. The Morgan fingerprint density at radius 1 is 0.625 bits per heavy atom. The molecule has 3 rings (SSSR count). The standard InChI is InChI=1S/C32H60N2O6/c1-6-7-8-9-10-11-12-13-14-15-16-17-18-19-20-21-26(35)34-23-22-33-24-25-27-28(38-31(2,3)37-27)29-30(36-25)40-32(4,5)39-29/h25,27-30,33H,6-24H2,1-5H3,(H,34,35). The van der Waals surface area contributed by atoms with E-state index < -0.39 is 17.9 Å². The third-order valence-corrected chi connectivity index (χ3v) is 8.23. The molecular formula is C32H60N2O6. The molecule has 8 nitrogen and oxygen atoms in total. The van der Waals surface area contributed by atoms with Gasteiger partial charge >= 0.3 is 0 Å². The van der Waals surface area contributed by atoms with Crippen molar-refractivity contribution in [1.82, 2.24) is 10.6 Å². The van der Waals surface area contributed by atoms with Gasteiger partial charge in [0.1, 0.15) is 24.4 Å². The monoisotopic (exact) mass is 568 g/mol. The van der Waals surface area contributed by atoms with Gasteiger partial charge in [0.2, 0.25) is 5.91 Å². The number of hydrogen-bond donors (Lipinski definition) is 2. The summed E-state index contributed by atoms with van der Waals surface area (Å²) in [5.41, 5.74) is 0. The molecule has 3 aliphatic rings. The van der Waals surface area contributed by atoms with Gasteiger partial charge in [-0.3, -0.25) is 4.79 Å². The molecule has 0 saturated carbocycles. The van der Waals surface area contributed by atoms with Crippen LogP contribution in [0.3, 0.4) is 0 Å². The lowest BCUT2D eigenvalue weighted by molar-refractivity contribution is -0.232. The van der Waals surface area contributed by atoms with E-state index in [0.29, 0.717) is 26.1 Å². The number of amides is 1. The van der Waals surface area contributed by atoms with E-state index in [-0.39, 0.29) is 30.3 Å². The number of rotatable bonds is 21. The molecule has 40 heavy (non-hydrogen) atoms. The number of hydrogen-bond acceptors (Lipinski definition) is 7. The Labute approximate surface area is 244 Å². The molecule has 3 saturated heterocycles. The van der Waals surface area contributed by atoms with Gasteiger partial charge in [0.05, 0.1) is 0 Å². The zero-order valence-corrected chi connectivity index (χ0v) is 26.3. The average molecular weight is 569 g/mol. The van der Waals surface area contributed by atoms with Crippen molar-refractivity contribution in [3.63, 3.8) is 0 Å². The highest BCUT2D eigenvalue weighted by atomic mass is 16.9. The maximum absolute atomic E-state index is 12.2. The molecule has 8 heteroatoms. The molecule has 0 spiro atoms. The summed E-state index contributed by atoms with van der Waals surface area (Å²) in [6.07, 6.45) is 19.2. The molecule has 2 N–H and O–H groups in total. The fraction of sp³-hybridized carbons (Fsp3) is 0.969. The van der Waals surface area contributed by atoms with E-state index in [1.807, 2.05) is 27.7 Å². The first kappa shape index (κ1) is 33.7. The van der Waals surface area contributed by atoms with Gasteiger partial charge in [-0.05, 0) is 34.1 Å². The van der Waals surface area contributed by atoms with Crippen molar-refractivity contribution >= 4 is 5.91 Å². The maximum Gasteiger partial charge on any atom is 0.220 e. The van der Waals surface area contributed by atoms with Gasteiger partial charge in [-0.25, -0.2) is 0 Å². The van der Waals surface area contributed by atoms with Crippen molar-refractivity contribution in [1.29, 1.82) is 0 Å². The number of carbonyl (C=O) groups excluding carboxylic acids is 1. The molecule has 3 aliphatic heterocycles. The first-order valence-electron chi connectivity index (χ1n) is 16.5. The van der Waals surface area contributed by atoms with E-state index in [9.17, 15) is 4.79 Å². The summed E-state index contributed by atoms with van der Waals surface area (Å²) >= 11 is 0. The maximum atomic E-state index is 12.2. The lowest BCUT2D eigenvalue weighted by Gasteiger charge is -2.37. The first-order valence-corrected chi connectivity index (χ1v) is 16.5. The van der Waals surface area contributed by atoms with E-state index in [4.69, 9.17) is 23.7 Å². The van der Waals surface area contributed by atoms with Crippen LogP contribution in [-0.4, -0.2) is 67.8 Å². The van der Waals surface area contributed by atoms with Gasteiger partial charge < -0.3 is 34.3 Å². The van der Waals surface area contributed by atoms with Gasteiger partial charge in [-0.1, -0.05) is 96.8 Å². The number of nitrogens with one attached hydrogen (secondary N) is 2. The molecule has 5 atom stereocenters. The quantitative estimate of drug-likeness (QED) is 0.156. The largest absolute Gasteiger partial charge is 0.355 e. The highest BCUT2D eigenvalue weighted by molar-refractivity contribution is 5.75. The Bertz CT molecular complexity index is 718. The lowest BCUT2D eigenvalue weighted by atomic mass is 9.99. The minimum absolute atomic E-state index is 0.140. The molecule has 0 radical (unpaired) electrons. The molecule has 5 unspecified atom stereocenters. The third-order valence-electron chi connectivity index (χ3n) is 8.23. The molecule has 0 aromatic heterocycles. The van der Waals surface area contributed by atoms with Crippen LogP contribution in [0.4, 0.5) is 0 Å². The van der Waals surface area contributed by atoms with Crippen LogP contribution in [0, 0.1) is 0 Å². The van der Waals surface area contributed by atoms with E-state index in [2.05, 4.69) is 17.6 Å².